The summed E-state index contributed by atoms with van der Waals surface area (Å²) in [5.74, 6) is 0.252. The van der Waals surface area contributed by atoms with E-state index in [0.717, 1.165) is 18.5 Å². The lowest BCUT2D eigenvalue weighted by Gasteiger charge is -2.11. The fraction of sp³-hybridized carbons (Fsp3) is 0.286. The lowest BCUT2D eigenvalue weighted by atomic mass is 10.1. The second-order valence-electron chi connectivity index (χ2n) is 4.33. The van der Waals surface area contributed by atoms with E-state index in [1.807, 2.05) is 12.2 Å². The Morgan fingerprint density at radius 1 is 1.44 bits per heavy atom. The average Bonchev–Trinajstić information content (AvgIpc) is 2.51. The van der Waals surface area contributed by atoms with Crippen molar-refractivity contribution in [2.75, 3.05) is 5.73 Å². The van der Waals surface area contributed by atoms with Crippen LogP contribution >= 0.6 is 0 Å². The average molecular weight is 243 g/mol. The van der Waals surface area contributed by atoms with E-state index in [9.17, 15) is 4.79 Å². The van der Waals surface area contributed by atoms with Crippen LogP contribution in [-0.4, -0.2) is 9.55 Å². The maximum Gasteiger partial charge on any atom is 0.354 e. The summed E-state index contributed by atoms with van der Waals surface area (Å²) in [7, 11) is 0. The van der Waals surface area contributed by atoms with E-state index >= 15 is 0 Å². The number of anilines is 1. The van der Waals surface area contributed by atoms with Crippen molar-refractivity contribution in [2.45, 2.75) is 26.7 Å². The first-order valence-corrected chi connectivity index (χ1v) is 6.04. The molecule has 1 aliphatic carbocycles. The number of hydrogen-bond donors (Lipinski definition) is 1. The van der Waals surface area contributed by atoms with Gasteiger partial charge in [0.25, 0.3) is 0 Å². The van der Waals surface area contributed by atoms with Crippen molar-refractivity contribution in [3.8, 4) is 0 Å². The van der Waals surface area contributed by atoms with Crippen molar-refractivity contribution in [1.29, 1.82) is 0 Å². The van der Waals surface area contributed by atoms with E-state index < -0.39 is 0 Å². The quantitative estimate of drug-likeness (QED) is 0.867. The van der Waals surface area contributed by atoms with Crippen molar-refractivity contribution < 1.29 is 0 Å². The van der Waals surface area contributed by atoms with Crippen LogP contribution in [0.25, 0.3) is 5.70 Å². The molecule has 0 radical (unpaired) electrons. The second-order valence-corrected chi connectivity index (χ2v) is 4.33. The molecule has 4 nitrogen and oxygen atoms in total. The van der Waals surface area contributed by atoms with Crippen LogP contribution in [0.15, 0.2) is 46.4 Å². The Bertz CT molecular complexity index is 606. The summed E-state index contributed by atoms with van der Waals surface area (Å²) in [6, 6.07) is 1.64. The smallest absolute Gasteiger partial charge is 0.354 e. The van der Waals surface area contributed by atoms with E-state index in [2.05, 4.69) is 24.9 Å². The molecule has 0 spiro atoms. The number of allylic oxidation sites excluding steroid dienone is 6. The number of aromatic nitrogens is 2. The molecule has 18 heavy (non-hydrogen) atoms. The zero-order chi connectivity index (χ0) is 13.1. The Kier molecular flexibility index (Phi) is 3.46. The maximum absolute atomic E-state index is 11.9. The van der Waals surface area contributed by atoms with E-state index in [4.69, 9.17) is 5.73 Å². The zero-order valence-electron chi connectivity index (χ0n) is 10.7. The Balaban J connectivity index is 2.57. The van der Waals surface area contributed by atoms with Crippen LogP contribution in [0.1, 0.15) is 26.7 Å². The normalized spacial score (nSPS) is 15.6. The highest BCUT2D eigenvalue weighted by Gasteiger charge is 2.09. The predicted molar refractivity (Wildman–Crippen MR) is 73.9 cm³/mol. The predicted octanol–water partition coefficient (Wildman–Crippen LogP) is 2.35. The number of nitrogen functional groups attached to an aromatic ring is 1. The summed E-state index contributed by atoms with van der Waals surface area (Å²) >= 11 is 0. The van der Waals surface area contributed by atoms with Crippen molar-refractivity contribution in [3.05, 3.63) is 52.1 Å². The number of rotatable bonds is 2. The first-order valence-electron chi connectivity index (χ1n) is 6.04. The number of hydrogen-bond acceptors (Lipinski definition) is 3. The lowest BCUT2D eigenvalue weighted by molar-refractivity contribution is 0.914. The van der Waals surface area contributed by atoms with Crippen LogP contribution < -0.4 is 11.4 Å². The van der Waals surface area contributed by atoms with Crippen LogP contribution in [-0.2, 0) is 0 Å². The summed E-state index contributed by atoms with van der Waals surface area (Å²) in [5.41, 5.74) is 8.50. The Labute approximate surface area is 106 Å². The van der Waals surface area contributed by atoms with Gasteiger partial charge in [-0.05, 0) is 37.5 Å². The van der Waals surface area contributed by atoms with Crippen LogP contribution in [0.2, 0.25) is 0 Å². The van der Waals surface area contributed by atoms with Crippen molar-refractivity contribution in [1.82, 2.24) is 9.55 Å². The van der Waals surface area contributed by atoms with Gasteiger partial charge in [-0.1, -0.05) is 24.6 Å². The van der Waals surface area contributed by atoms with Crippen molar-refractivity contribution in [3.63, 3.8) is 0 Å². The molecule has 2 N–H and O–H groups in total. The van der Waals surface area contributed by atoms with E-state index in [-0.39, 0.29) is 11.5 Å². The molecule has 0 amide bonds. The molecule has 0 saturated heterocycles. The van der Waals surface area contributed by atoms with Gasteiger partial charge in [0.05, 0.1) is 0 Å². The minimum atomic E-state index is -0.333. The van der Waals surface area contributed by atoms with Crippen LogP contribution in [0, 0.1) is 0 Å². The molecule has 0 unspecified atom stereocenters. The first-order chi connectivity index (χ1) is 8.61. The van der Waals surface area contributed by atoms with Crippen molar-refractivity contribution >= 4 is 11.5 Å². The highest BCUT2D eigenvalue weighted by Crippen LogP contribution is 2.22. The molecule has 1 aliphatic rings. The standard InChI is InChI=1S/C14H17N3O/c1-3-11-6-4-10(2)5-7-12(11)17-9-8-13(15)16-14(17)18/h4-5,7-9H,3,6H2,1-2H3,(H2,15,16,18). The van der Waals surface area contributed by atoms with Crippen LogP contribution in [0.4, 0.5) is 5.82 Å². The van der Waals surface area contributed by atoms with Crippen LogP contribution in [0.5, 0.6) is 0 Å². The number of nitrogens with two attached hydrogens (primary N) is 1. The lowest BCUT2D eigenvalue weighted by Crippen LogP contribution is -2.22. The van der Waals surface area contributed by atoms with Gasteiger partial charge >= 0.3 is 5.69 Å². The van der Waals surface area contributed by atoms with Gasteiger partial charge in [-0.3, -0.25) is 4.57 Å². The van der Waals surface area contributed by atoms with E-state index in [0.29, 0.717) is 0 Å². The monoisotopic (exact) mass is 243 g/mol. The zero-order valence-corrected chi connectivity index (χ0v) is 10.7. The fourth-order valence-electron chi connectivity index (χ4n) is 1.96. The fourth-order valence-corrected chi connectivity index (χ4v) is 1.96. The largest absolute Gasteiger partial charge is 0.383 e. The molecule has 0 fully saturated rings. The molecule has 94 valence electrons. The first kappa shape index (κ1) is 12.4. The molecule has 4 heteroatoms. The maximum atomic E-state index is 11.9. The molecule has 0 bridgehead atoms. The van der Waals surface area contributed by atoms with Gasteiger partial charge in [0.1, 0.15) is 5.82 Å². The third kappa shape index (κ3) is 2.42. The van der Waals surface area contributed by atoms with Gasteiger partial charge < -0.3 is 5.73 Å². The molecule has 1 aromatic heterocycles. The van der Waals surface area contributed by atoms with Gasteiger partial charge in [-0.2, -0.15) is 4.98 Å². The molecule has 1 heterocycles. The summed E-state index contributed by atoms with van der Waals surface area (Å²) in [6.45, 7) is 4.14. The SMILES string of the molecule is CCC1=C(n2ccc(N)nc2=O)C=CC(C)=CC1. The Hall–Kier alpha value is -2.10. The molecule has 2 rings (SSSR count). The molecule has 0 atom stereocenters. The summed E-state index contributed by atoms with van der Waals surface area (Å²) < 4.78 is 1.55. The topological polar surface area (TPSA) is 60.9 Å². The van der Waals surface area contributed by atoms with Crippen molar-refractivity contribution in [2.24, 2.45) is 0 Å². The molecular weight excluding hydrogens is 226 g/mol. The molecule has 0 aliphatic heterocycles. The van der Waals surface area contributed by atoms with Gasteiger partial charge in [0.15, 0.2) is 0 Å². The molecule has 1 aromatic rings. The molecule has 0 aromatic carbocycles. The van der Waals surface area contributed by atoms with Gasteiger partial charge in [-0.15, -0.1) is 0 Å². The number of nitrogens with zero attached hydrogens (tertiary/aromatic N) is 2. The summed E-state index contributed by atoms with van der Waals surface area (Å²) in [5, 5.41) is 0. The third-order valence-electron chi connectivity index (χ3n) is 3.05. The Morgan fingerprint density at radius 2 is 2.22 bits per heavy atom. The van der Waals surface area contributed by atoms with Gasteiger partial charge in [-0.25, -0.2) is 4.79 Å². The highest BCUT2D eigenvalue weighted by molar-refractivity contribution is 5.63. The van der Waals surface area contributed by atoms with Gasteiger partial charge in [0.2, 0.25) is 0 Å². The van der Waals surface area contributed by atoms with E-state index in [1.54, 1.807) is 16.8 Å². The van der Waals surface area contributed by atoms with Crippen LogP contribution in [0.3, 0.4) is 0 Å². The highest BCUT2D eigenvalue weighted by atomic mass is 16.1. The van der Waals surface area contributed by atoms with E-state index in [1.165, 1.54) is 11.1 Å². The third-order valence-corrected chi connectivity index (χ3v) is 3.05. The minimum Gasteiger partial charge on any atom is -0.383 e. The Morgan fingerprint density at radius 3 is 2.89 bits per heavy atom. The summed E-state index contributed by atoms with van der Waals surface area (Å²) in [4.78, 5) is 15.6. The minimum absolute atomic E-state index is 0.252. The molecule has 0 saturated carbocycles. The summed E-state index contributed by atoms with van der Waals surface area (Å²) in [6.07, 6.45) is 9.60. The molecular formula is C14H17N3O. The van der Waals surface area contributed by atoms with Gasteiger partial charge in [0, 0.05) is 11.9 Å². The second kappa shape index (κ2) is 5.04.